The second-order valence-corrected chi connectivity index (χ2v) is 7.20. The summed E-state index contributed by atoms with van der Waals surface area (Å²) in [6.07, 6.45) is -2.40. The molecule has 11 heteroatoms. The van der Waals surface area contributed by atoms with Crippen LogP contribution in [0.5, 0.6) is 17.2 Å². The van der Waals surface area contributed by atoms with E-state index in [1.165, 1.54) is 25.4 Å². The number of hydrogen-bond acceptors (Lipinski definition) is 4. The summed E-state index contributed by atoms with van der Waals surface area (Å²) in [5.41, 5.74) is -2.11. The summed E-state index contributed by atoms with van der Waals surface area (Å²) in [5, 5.41) is 0.209. The zero-order chi connectivity index (χ0) is 24.8. The van der Waals surface area contributed by atoms with Gasteiger partial charge in [0.2, 0.25) is 11.6 Å². The highest BCUT2D eigenvalue weighted by atomic mass is 19.4. The lowest BCUT2D eigenvalue weighted by Gasteiger charge is -2.18. The van der Waals surface area contributed by atoms with Crippen molar-refractivity contribution < 1.29 is 35.8 Å². The molecule has 0 atom stereocenters. The third-order valence-corrected chi connectivity index (χ3v) is 5.12. The maximum atomic E-state index is 14.5. The van der Waals surface area contributed by atoms with Crippen LogP contribution in [-0.4, -0.2) is 17.1 Å². The number of hydrogen-bond donors (Lipinski definition) is 1. The van der Waals surface area contributed by atoms with Gasteiger partial charge in [0.05, 0.1) is 29.3 Å². The zero-order valence-corrected chi connectivity index (χ0v) is 17.5. The quantitative estimate of drug-likeness (QED) is 0.357. The number of aromatic nitrogens is 2. The number of fused-ring (bicyclic) bond motifs is 1. The monoisotopic (exact) mass is 480 g/mol. The van der Waals surface area contributed by atoms with E-state index in [0.29, 0.717) is 18.2 Å². The number of H-pyrrole nitrogens is 1. The number of alkyl halides is 3. The van der Waals surface area contributed by atoms with Crippen LogP contribution in [0.3, 0.4) is 0 Å². The standard InChI is InChI=1S/C23H14F6N2O3/c1-10-20(31-16-5-6-30-9-12(16)21(10)32)11-7-15(25)13(23(27,28)29)8-18(11)34-17-4-3-14(24)19(26)22(17)33-2/h3-9H,1-2H3,(H,31,32). The highest BCUT2D eigenvalue weighted by molar-refractivity contribution is 5.83. The third kappa shape index (κ3) is 3.93. The Labute approximate surface area is 187 Å². The highest BCUT2D eigenvalue weighted by Gasteiger charge is 2.36. The summed E-state index contributed by atoms with van der Waals surface area (Å²) in [6.45, 7) is 1.39. The second kappa shape index (κ2) is 8.40. The first-order valence-electron chi connectivity index (χ1n) is 9.60. The number of pyridine rings is 2. The van der Waals surface area contributed by atoms with Crippen molar-refractivity contribution in [1.82, 2.24) is 9.97 Å². The van der Waals surface area contributed by atoms with E-state index in [-0.39, 0.29) is 27.7 Å². The molecule has 176 valence electrons. The maximum absolute atomic E-state index is 14.5. The first-order valence-corrected chi connectivity index (χ1v) is 9.60. The molecule has 0 amide bonds. The molecule has 0 aliphatic rings. The van der Waals surface area contributed by atoms with Gasteiger partial charge < -0.3 is 14.5 Å². The van der Waals surface area contributed by atoms with Gasteiger partial charge >= 0.3 is 6.18 Å². The van der Waals surface area contributed by atoms with Crippen molar-refractivity contribution in [2.75, 3.05) is 7.11 Å². The normalized spacial score (nSPS) is 11.6. The Bertz CT molecular complexity index is 1480. The van der Waals surface area contributed by atoms with Gasteiger partial charge in [0, 0.05) is 23.5 Å². The van der Waals surface area contributed by atoms with Crippen LogP contribution in [-0.2, 0) is 6.18 Å². The van der Waals surface area contributed by atoms with Crippen LogP contribution in [0, 0.1) is 24.4 Å². The summed E-state index contributed by atoms with van der Waals surface area (Å²) < 4.78 is 92.8. The van der Waals surface area contributed by atoms with Crippen LogP contribution < -0.4 is 14.9 Å². The van der Waals surface area contributed by atoms with Gasteiger partial charge in [-0.1, -0.05) is 0 Å². The lowest BCUT2D eigenvalue weighted by atomic mass is 10.0. The van der Waals surface area contributed by atoms with Gasteiger partial charge in [0.25, 0.3) is 0 Å². The molecule has 5 nitrogen and oxygen atoms in total. The molecule has 0 spiro atoms. The fourth-order valence-electron chi connectivity index (χ4n) is 3.45. The van der Waals surface area contributed by atoms with Crippen LogP contribution in [0.15, 0.2) is 47.5 Å². The lowest BCUT2D eigenvalue weighted by molar-refractivity contribution is -0.140. The fourth-order valence-corrected chi connectivity index (χ4v) is 3.45. The van der Waals surface area contributed by atoms with Gasteiger partial charge in [-0.15, -0.1) is 0 Å². The molecule has 0 saturated heterocycles. The summed E-state index contributed by atoms with van der Waals surface area (Å²) in [7, 11) is 1.01. The summed E-state index contributed by atoms with van der Waals surface area (Å²) >= 11 is 0. The van der Waals surface area contributed by atoms with Crippen molar-refractivity contribution in [3.8, 4) is 28.5 Å². The molecule has 0 aliphatic carbocycles. The second-order valence-electron chi connectivity index (χ2n) is 7.20. The zero-order valence-electron chi connectivity index (χ0n) is 17.5. The lowest BCUT2D eigenvalue weighted by Crippen LogP contribution is -2.12. The van der Waals surface area contributed by atoms with Crippen molar-refractivity contribution in [2.45, 2.75) is 13.1 Å². The van der Waals surface area contributed by atoms with E-state index in [2.05, 4.69) is 9.97 Å². The minimum absolute atomic E-state index is 0.0344. The molecule has 2 aromatic carbocycles. The number of nitrogens with zero attached hydrogens (tertiary/aromatic N) is 1. The Morgan fingerprint density at radius 2 is 1.74 bits per heavy atom. The Hall–Kier alpha value is -4.02. The molecule has 34 heavy (non-hydrogen) atoms. The van der Waals surface area contributed by atoms with E-state index in [1.807, 2.05) is 0 Å². The predicted molar refractivity (Wildman–Crippen MR) is 110 cm³/mol. The van der Waals surface area contributed by atoms with Gasteiger partial charge in [0.1, 0.15) is 11.6 Å². The minimum atomic E-state index is -5.09. The molecule has 1 N–H and O–H groups in total. The van der Waals surface area contributed by atoms with E-state index < -0.39 is 51.9 Å². The van der Waals surface area contributed by atoms with E-state index in [4.69, 9.17) is 9.47 Å². The average molecular weight is 480 g/mol. The average Bonchev–Trinajstić information content (AvgIpc) is 2.79. The first-order chi connectivity index (χ1) is 16.0. The molecule has 2 heterocycles. The summed E-state index contributed by atoms with van der Waals surface area (Å²) in [6, 6.07) is 4.02. The predicted octanol–water partition coefficient (Wildman–Crippen LogP) is 6.14. The van der Waals surface area contributed by atoms with Gasteiger partial charge in [-0.2, -0.15) is 17.6 Å². The summed E-state index contributed by atoms with van der Waals surface area (Å²) in [5.74, 6) is -6.08. The Morgan fingerprint density at radius 1 is 1.00 bits per heavy atom. The van der Waals surface area contributed by atoms with Gasteiger partial charge in [-0.25, -0.2) is 8.78 Å². The van der Waals surface area contributed by atoms with Crippen LogP contribution in [0.2, 0.25) is 0 Å². The molecule has 4 aromatic rings. The van der Waals surface area contributed by atoms with Crippen molar-refractivity contribution in [3.63, 3.8) is 0 Å². The van der Waals surface area contributed by atoms with Crippen LogP contribution in [0.4, 0.5) is 26.3 Å². The molecule has 2 aromatic heterocycles. The number of ether oxygens (including phenoxy) is 2. The number of rotatable bonds is 4. The number of benzene rings is 2. The number of nitrogens with one attached hydrogen (secondary N) is 1. The summed E-state index contributed by atoms with van der Waals surface area (Å²) in [4.78, 5) is 19.5. The topological polar surface area (TPSA) is 64.2 Å². The van der Waals surface area contributed by atoms with Gasteiger partial charge in [-0.05, 0) is 37.3 Å². The molecule has 0 fully saturated rings. The van der Waals surface area contributed by atoms with Gasteiger partial charge in [0.15, 0.2) is 17.0 Å². The molecular weight excluding hydrogens is 466 g/mol. The van der Waals surface area contributed by atoms with Crippen LogP contribution in [0.25, 0.3) is 22.2 Å². The Balaban J connectivity index is 2.01. The highest BCUT2D eigenvalue weighted by Crippen LogP contribution is 2.43. The Morgan fingerprint density at radius 3 is 2.41 bits per heavy atom. The number of methoxy groups -OCH3 is 1. The van der Waals surface area contributed by atoms with Crippen molar-refractivity contribution in [1.29, 1.82) is 0 Å². The molecule has 4 rings (SSSR count). The van der Waals surface area contributed by atoms with E-state index in [1.54, 1.807) is 0 Å². The van der Waals surface area contributed by atoms with Crippen molar-refractivity contribution >= 4 is 10.9 Å². The molecule has 0 saturated carbocycles. The molecule has 0 unspecified atom stereocenters. The molecule has 0 radical (unpaired) electrons. The van der Waals surface area contributed by atoms with E-state index >= 15 is 0 Å². The minimum Gasteiger partial charge on any atom is -0.490 e. The maximum Gasteiger partial charge on any atom is 0.419 e. The van der Waals surface area contributed by atoms with Crippen molar-refractivity contribution in [2.24, 2.45) is 0 Å². The van der Waals surface area contributed by atoms with Crippen LogP contribution >= 0.6 is 0 Å². The van der Waals surface area contributed by atoms with E-state index in [0.717, 1.165) is 13.2 Å². The SMILES string of the molecule is COc1c(Oc2cc(C(F)(F)F)c(F)cc2-c2[nH]c3ccncc3c(=O)c2C)ccc(F)c1F. The largest absolute Gasteiger partial charge is 0.490 e. The van der Waals surface area contributed by atoms with Crippen molar-refractivity contribution in [3.05, 3.63) is 81.5 Å². The molecular formula is C23H14F6N2O3. The Kier molecular flexibility index (Phi) is 5.72. The molecule has 0 bridgehead atoms. The number of halogens is 6. The fraction of sp³-hybridized carbons (Fsp3) is 0.130. The smallest absolute Gasteiger partial charge is 0.419 e. The third-order valence-electron chi connectivity index (χ3n) is 5.12. The van der Waals surface area contributed by atoms with E-state index in [9.17, 15) is 31.1 Å². The first kappa shape index (κ1) is 23.1. The number of aromatic amines is 1. The van der Waals surface area contributed by atoms with Crippen LogP contribution in [0.1, 0.15) is 11.1 Å². The molecule has 0 aliphatic heterocycles. The van der Waals surface area contributed by atoms with Gasteiger partial charge in [-0.3, -0.25) is 9.78 Å².